The average molecular weight is 343 g/mol. The minimum atomic E-state index is -1.54. The summed E-state index contributed by atoms with van der Waals surface area (Å²) >= 11 is 0. The maximum atomic E-state index is 15.1. The van der Waals surface area contributed by atoms with Crippen LogP contribution in [0.15, 0.2) is 34.9 Å². The minimum Gasteiger partial charge on any atom is -0.339 e. The van der Waals surface area contributed by atoms with Crippen LogP contribution in [0.3, 0.4) is 0 Å². The molecule has 5 nitrogen and oxygen atoms in total. The predicted octanol–water partition coefficient (Wildman–Crippen LogP) is 3.74. The number of amides is 1. The number of aromatic nitrogens is 2. The highest BCUT2D eigenvalue weighted by molar-refractivity contribution is 5.84. The van der Waals surface area contributed by atoms with E-state index in [1.54, 1.807) is 17.0 Å². The summed E-state index contributed by atoms with van der Waals surface area (Å²) in [4.78, 5) is 19.1. The number of nitrogens with zero attached hydrogens (tertiary/aromatic N) is 3. The maximum Gasteiger partial charge on any atom is 0.230 e. The van der Waals surface area contributed by atoms with Gasteiger partial charge in [-0.25, -0.2) is 4.39 Å². The fourth-order valence-corrected chi connectivity index (χ4v) is 3.67. The van der Waals surface area contributed by atoms with Gasteiger partial charge in [0.1, 0.15) is 5.67 Å². The highest BCUT2D eigenvalue weighted by Crippen LogP contribution is 2.57. The zero-order chi connectivity index (χ0) is 17.6. The van der Waals surface area contributed by atoms with Crippen LogP contribution >= 0.6 is 0 Å². The average Bonchev–Trinajstić information content (AvgIpc) is 3.01. The number of carbonyl (C=O) groups excluding carboxylic acids is 1. The van der Waals surface area contributed by atoms with Crippen molar-refractivity contribution in [3.63, 3.8) is 0 Å². The normalized spacial score (nSPS) is 28.6. The number of carbonyl (C=O) groups is 1. The molecule has 25 heavy (non-hydrogen) atoms. The molecule has 0 spiro atoms. The quantitative estimate of drug-likeness (QED) is 0.848. The highest BCUT2D eigenvalue weighted by atomic mass is 19.1. The van der Waals surface area contributed by atoms with Crippen molar-refractivity contribution in [1.29, 1.82) is 0 Å². The third-order valence-corrected chi connectivity index (χ3v) is 5.23. The van der Waals surface area contributed by atoms with Crippen LogP contribution in [-0.2, 0) is 10.5 Å². The van der Waals surface area contributed by atoms with Gasteiger partial charge in [0.15, 0.2) is 5.82 Å². The lowest BCUT2D eigenvalue weighted by Crippen LogP contribution is -2.34. The lowest BCUT2D eigenvalue weighted by atomic mass is 10.1. The van der Waals surface area contributed by atoms with E-state index in [-0.39, 0.29) is 24.3 Å². The van der Waals surface area contributed by atoms with Gasteiger partial charge >= 0.3 is 0 Å². The Morgan fingerprint density at radius 2 is 2.12 bits per heavy atom. The molecule has 6 heteroatoms. The molecule has 1 aromatic heterocycles. The van der Waals surface area contributed by atoms with Gasteiger partial charge in [-0.1, -0.05) is 49.3 Å². The van der Waals surface area contributed by atoms with Crippen molar-refractivity contribution in [3.05, 3.63) is 47.6 Å². The van der Waals surface area contributed by atoms with E-state index in [1.807, 2.05) is 32.0 Å². The molecule has 3 atom stereocenters. The summed E-state index contributed by atoms with van der Waals surface area (Å²) in [6.45, 7) is 4.59. The van der Waals surface area contributed by atoms with E-state index < -0.39 is 11.6 Å². The zero-order valence-electron chi connectivity index (χ0n) is 14.5. The summed E-state index contributed by atoms with van der Waals surface area (Å²) in [5.74, 6) is 0.521. The number of hydrogen-bond donors (Lipinski definition) is 0. The summed E-state index contributed by atoms with van der Waals surface area (Å²) in [6, 6.07) is 8.77. The van der Waals surface area contributed by atoms with E-state index in [9.17, 15) is 4.79 Å². The molecule has 4 rings (SSSR count). The maximum absolute atomic E-state index is 15.1. The van der Waals surface area contributed by atoms with Crippen molar-refractivity contribution in [2.75, 3.05) is 6.54 Å². The van der Waals surface area contributed by atoms with Crippen LogP contribution in [0.2, 0.25) is 0 Å². The number of halogens is 1. The Balaban J connectivity index is 1.52. The first kappa shape index (κ1) is 16.2. The third kappa shape index (κ3) is 2.73. The smallest absolute Gasteiger partial charge is 0.230 e. The SMILES string of the molecule is CC(C)c1nc([C@@H]2CCCN2C(=O)[C@H]2C[C@]2(F)c2ccccc2)no1. The molecule has 1 amide bonds. The zero-order valence-corrected chi connectivity index (χ0v) is 14.5. The van der Waals surface area contributed by atoms with E-state index in [1.165, 1.54) is 0 Å². The van der Waals surface area contributed by atoms with Crippen LogP contribution in [0.4, 0.5) is 4.39 Å². The van der Waals surface area contributed by atoms with E-state index >= 15 is 4.39 Å². The largest absolute Gasteiger partial charge is 0.339 e. The molecule has 1 aromatic carbocycles. The topological polar surface area (TPSA) is 59.2 Å². The van der Waals surface area contributed by atoms with Crippen LogP contribution < -0.4 is 0 Å². The predicted molar refractivity (Wildman–Crippen MR) is 89.4 cm³/mol. The van der Waals surface area contributed by atoms with Crippen LogP contribution in [0.1, 0.15) is 62.3 Å². The molecule has 1 aliphatic heterocycles. The van der Waals surface area contributed by atoms with Crippen molar-refractivity contribution in [2.45, 2.75) is 50.7 Å². The van der Waals surface area contributed by atoms with E-state index in [2.05, 4.69) is 10.1 Å². The first-order valence-electron chi connectivity index (χ1n) is 8.89. The summed E-state index contributed by atoms with van der Waals surface area (Å²) < 4.78 is 20.4. The Kier molecular flexibility index (Phi) is 3.85. The monoisotopic (exact) mass is 343 g/mol. The summed E-state index contributed by atoms with van der Waals surface area (Å²) in [7, 11) is 0. The van der Waals surface area contributed by atoms with E-state index in [4.69, 9.17) is 4.52 Å². The van der Waals surface area contributed by atoms with Crippen molar-refractivity contribution in [2.24, 2.45) is 5.92 Å². The first-order valence-corrected chi connectivity index (χ1v) is 8.89. The molecule has 0 N–H and O–H groups in total. The van der Waals surface area contributed by atoms with Gasteiger partial charge in [0.2, 0.25) is 11.8 Å². The molecule has 1 saturated carbocycles. The van der Waals surface area contributed by atoms with Crippen molar-refractivity contribution in [3.8, 4) is 0 Å². The fourth-order valence-electron chi connectivity index (χ4n) is 3.67. The van der Waals surface area contributed by atoms with Crippen LogP contribution in [0, 0.1) is 5.92 Å². The summed E-state index contributed by atoms with van der Waals surface area (Å²) in [5.41, 5.74) is -0.947. The van der Waals surface area contributed by atoms with Gasteiger partial charge in [0.05, 0.1) is 12.0 Å². The minimum absolute atomic E-state index is 0.134. The molecule has 1 aliphatic carbocycles. The second-order valence-corrected chi connectivity index (χ2v) is 7.32. The molecule has 0 bridgehead atoms. The summed E-state index contributed by atoms with van der Waals surface area (Å²) in [5, 5.41) is 4.05. The Hall–Kier alpha value is -2.24. The number of benzene rings is 1. The van der Waals surface area contributed by atoms with Gasteiger partial charge in [-0.3, -0.25) is 4.79 Å². The molecule has 0 radical (unpaired) electrons. The van der Waals surface area contributed by atoms with Gasteiger partial charge in [-0.15, -0.1) is 0 Å². The molecule has 2 aliphatic rings. The highest BCUT2D eigenvalue weighted by Gasteiger charge is 2.62. The molecular formula is C19H22FN3O2. The van der Waals surface area contributed by atoms with Gasteiger partial charge in [0.25, 0.3) is 0 Å². The number of rotatable bonds is 4. The molecule has 2 aromatic rings. The molecule has 1 saturated heterocycles. The Bertz CT molecular complexity index is 776. The number of likely N-dealkylation sites (tertiary alicyclic amines) is 1. The lowest BCUT2D eigenvalue weighted by Gasteiger charge is -2.23. The molecule has 2 fully saturated rings. The van der Waals surface area contributed by atoms with E-state index in [0.717, 1.165) is 12.8 Å². The number of alkyl halides is 1. The molecular weight excluding hydrogens is 321 g/mol. The second kappa shape index (κ2) is 5.93. The third-order valence-electron chi connectivity index (χ3n) is 5.23. The van der Waals surface area contributed by atoms with Gasteiger partial charge < -0.3 is 9.42 Å². The van der Waals surface area contributed by atoms with Crippen molar-refractivity contribution < 1.29 is 13.7 Å². The van der Waals surface area contributed by atoms with Gasteiger partial charge in [0, 0.05) is 18.9 Å². The van der Waals surface area contributed by atoms with Gasteiger partial charge in [-0.2, -0.15) is 4.98 Å². The summed E-state index contributed by atoms with van der Waals surface area (Å²) in [6.07, 6.45) is 1.92. The van der Waals surface area contributed by atoms with Gasteiger partial charge in [-0.05, 0) is 18.4 Å². The van der Waals surface area contributed by atoms with Crippen LogP contribution in [0.25, 0.3) is 0 Å². The van der Waals surface area contributed by atoms with Crippen LogP contribution in [-0.4, -0.2) is 27.5 Å². The molecule has 2 heterocycles. The molecule has 0 unspecified atom stereocenters. The van der Waals surface area contributed by atoms with Crippen molar-refractivity contribution >= 4 is 5.91 Å². The lowest BCUT2D eigenvalue weighted by molar-refractivity contribution is -0.134. The first-order chi connectivity index (χ1) is 12.0. The van der Waals surface area contributed by atoms with E-state index in [0.29, 0.717) is 23.8 Å². The Morgan fingerprint density at radius 1 is 1.36 bits per heavy atom. The Labute approximate surface area is 146 Å². The van der Waals surface area contributed by atoms with Crippen molar-refractivity contribution in [1.82, 2.24) is 15.0 Å². The standard InChI is InChI=1S/C19H22FN3O2/c1-12(2)17-21-16(22-25-17)15-9-6-10-23(15)18(24)14-11-19(14,20)13-7-4-3-5-8-13/h3-5,7-8,12,14-15H,6,9-11H2,1-2H3/t14-,15+,19+/m1/s1. The molecule has 132 valence electrons. The fraction of sp³-hybridized carbons (Fsp3) is 0.526. The Morgan fingerprint density at radius 3 is 2.80 bits per heavy atom. The van der Waals surface area contributed by atoms with Crippen LogP contribution in [0.5, 0.6) is 0 Å². The number of hydrogen-bond acceptors (Lipinski definition) is 4. The second-order valence-electron chi connectivity index (χ2n) is 7.32.